The van der Waals surface area contributed by atoms with Gasteiger partial charge in [0.2, 0.25) is 11.8 Å². The number of piperidine rings is 1. The summed E-state index contributed by atoms with van der Waals surface area (Å²) in [5.41, 5.74) is 2.82. The lowest BCUT2D eigenvalue weighted by Gasteiger charge is -2.36. The number of hydrogen-bond donors (Lipinski definition) is 5. The van der Waals surface area contributed by atoms with Crippen molar-refractivity contribution < 1.29 is 14.7 Å². The van der Waals surface area contributed by atoms with Crippen LogP contribution in [-0.2, 0) is 29.0 Å². The molecule has 0 radical (unpaired) electrons. The van der Waals surface area contributed by atoms with Crippen molar-refractivity contribution in [3.8, 4) is 0 Å². The van der Waals surface area contributed by atoms with E-state index in [-0.39, 0.29) is 36.0 Å². The van der Waals surface area contributed by atoms with E-state index >= 15 is 0 Å². The number of aliphatic hydroxyl groups excluding tert-OH is 1. The van der Waals surface area contributed by atoms with Crippen molar-refractivity contribution >= 4 is 11.8 Å². The second kappa shape index (κ2) is 19.0. The molecule has 3 heterocycles. The summed E-state index contributed by atoms with van der Waals surface area (Å²) in [6, 6.07) is 9.25. The Morgan fingerprint density at radius 2 is 1.60 bits per heavy atom. The molecule has 0 bridgehead atoms. The Hall–Kier alpha value is -3.76. The minimum atomic E-state index is -0.841. The van der Waals surface area contributed by atoms with Crippen molar-refractivity contribution in [3.05, 3.63) is 85.0 Å². The first-order chi connectivity index (χ1) is 24.3. The second-order valence-corrected chi connectivity index (χ2v) is 15.1. The van der Waals surface area contributed by atoms with E-state index in [0.717, 1.165) is 57.4 Å². The third kappa shape index (κ3) is 11.1. The number of allylic oxidation sites excluding steroid dienone is 1. The zero-order valence-corrected chi connectivity index (χ0v) is 30.1. The molecule has 1 saturated heterocycles. The Morgan fingerprint density at radius 3 is 2.20 bits per heavy atom. The Kier molecular flexibility index (Phi) is 14.3. The van der Waals surface area contributed by atoms with Crippen molar-refractivity contribution in [2.75, 3.05) is 13.1 Å². The van der Waals surface area contributed by atoms with Gasteiger partial charge >= 0.3 is 0 Å². The highest BCUT2D eigenvalue weighted by Gasteiger charge is 2.36. The molecule has 2 amide bonds. The second-order valence-electron chi connectivity index (χ2n) is 15.1. The molecule has 1 aromatic carbocycles. The van der Waals surface area contributed by atoms with Gasteiger partial charge in [0.25, 0.3) is 0 Å². The molecular formula is C40H59N7O3. The molecule has 1 aliphatic heterocycles. The van der Waals surface area contributed by atoms with Gasteiger partial charge in [0, 0.05) is 37.7 Å². The summed E-state index contributed by atoms with van der Waals surface area (Å²) >= 11 is 0. The number of carbonyl (C=O) groups excluding carboxylic acids is 2. The standard InChI is InChI=1S/C40H59N7O3/c1-4-31(28(2)3)20-38(48)36(19-29-11-7-5-8-12-29)45-40(50)37(22-34-24-42-27-44-34)46-39(49)35(21-33-23-41-26-43-33)32-15-17-47(18-16-32)25-30-13-9-6-10-14-30/h4,6,9-10,13-14,23-24,26-29,31-32,35-38,48H,1,5,7-8,11-12,15-22,25H2,2-3H3,(H,41,43)(H,42,44)(H,45,50)(H,46,49)/t31-,35?,36-,37-,38-/m0/s1. The molecule has 1 unspecified atom stereocenters. The summed E-state index contributed by atoms with van der Waals surface area (Å²) in [7, 11) is 0. The summed E-state index contributed by atoms with van der Waals surface area (Å²) in [6.45, 7) is 11.0. The number of amides is 2. The molecule has 1 aliphatic carbocycles. The van der Waals surface area contributed by atoms with Crippen LogP contribution in [0.2, 0.25) is 0 Å². The van der Waals surface area contributed by atoms with E-state index in [2.05, 4.69) is 80.2 Å². The molecule has 3 aromatic rings. The lowest BCUT2D eigenvalue weighted by Crippen LogP contribution is -2.55. The van der Waals surface area contributed by atoms with Crippen LogP contribution in [0.15, 0.2) is 68.0 Å². The molecule has 50 heavy (non-hydrogen) atoms. The maximum Gasteiger partial charge on any atom is 0.243 e. The molecule has 2 aromatic heterocycles. The van der Waals surface area contributed by atoms with Crippen LogP contribution in [-0.4, -0.2) is 73.0 Å². The number of carbonyl (C=O) groups is 2. The number of hydrogen-bond acceptors (Lipinski definition) is 6. The van der Waals surface area contributed by atoms with E-state index in [0.29, 0.717) is 30.4 Å². The van der Waals surface area contributed by atoms with Crippen molar-refractivity contribution in [2.45, 2.75) is 109 Å². The van der Waals surface area contributed by atoms with Crippen molar-refractivity contribution in [1.82, 2.24) is 35.5 Å². The summed E-state index contributed by atoms with van der Waals surface area (Å²) in [6.07, 6.45) is 17.7. The normalized spacial score (nSPS) is 19.4. The first-order valence-corrected chi connectivity index (χ1v) is 18.9. The highest BCUT2D eigenvalue weighted by atomic mass is 16.3. The van der Waals surface area contributed by atoms with E-state index in [9.17, 15) is 14.7 Å². The van der Waals surface area contributed by atoms with Crippen LogP contribution in [0.25, 0.3) is 0 Å². The van der Waals surface area contributed by atoms with Gasteiger partial charge in [-0.2, -0.15) is 0 Å². The Morgan fingerprint density at radius 1 is 0.940 bits per heavy atom. The molecule has 10 nitrogen and oxygen atoms in total. The van der Waals surface area contributed by atoms with Gasteiger partial charge in [-0.05, 0) is 68.0 Å². The first-order valence-electron chi connectivity index (χ1n) is 18.9. The smallest absolute Gasteiger partial charge is 0.243 e. The molecular weight excluding hydrogens is 626 g/mol. The summed E-state index contributed by atoms with van der Waals surface area (Å²) in [5.74, 6) is 0.317. The lowest BCUT2D eigenvalue weighted by atomic mass is 9.80. The highest BCUT2D eigenvalue weighted by Crippen LogP contribution is 2.31. The van der Waals surface area contributed by atoms with Crippen LogP contribution in [0.1, 0.15) is 88.6 Å². The highest BCUT2D eigenvalue weighted by molar-refractivity contribution is 5.89. The molecule has 5 atom stereocenters. The van der Waals surface area contributed by atoms with E-state index in [1.54, 1.807) is 18.9 Å². The summed E-state index contributed by atoms with van der Waals surface area (Å²) < 4.78 is 0. The van der Waals surface area contributed by atoms with Gasteiger partial charge in [0.05, 0.1) is 36.2 Å². The van der Waals surface area contributed by atoms with Crippen LogP contribution in [0.5, 0.6) is 0 Å². The van der Waals surface area contributed by atoms with Gasteiger partial charge in [-0.15, -0.1) is 6.58 Å². The number of aromatic amines is 2. The minimum Gasteiger partial charge on any atom is -0.391 e. The average molecular weight is 686 g/mol. The fourth-order valence-electron chi connectivity index (χ4n) is 8.02. The van der Waals surface area contributed by atoms with Gasteiger partial charge in [-0.3, -0.25) is 14.5 Å². The molecule has 2 fully saturated rings. The number of benzene rings is 1. The number of imidazole rings is 2. The Balaban J connectivity index is 1.31. The largest absolute Gasteiger partial charge is 0.391 e. The molecule has 272 valence electrons. The van der Waals surface area contributed by atoms with E-state index in [1.165, 1.54) is 24.8 Å². The Labute approximate surface area is 298 Å². The summed E-state index contributed by atoms with van der Waals surface area (Å²) in [5, 5.41) is 18.0. The predicted octanol–water partition coefficient (Wildman–Crippen LogP) is 5.60. The molecule has 5 rings (SSSR count). The van der Waals surface area contributed by atoms with Gasteiger partial charge in [-0.1, -0.05) is 82.4 Å². The fourth-order valence-corrected chi connectivity index (χ4v) is 8.02. The third-order valence-corrected chi connectivity index (χ3v) is 11.1. The monoisotopic (exact) mass is 685 g/mol. The number of nitrogens with zero attached hydrogens (tertiary/aromatic N) is 3. The molecule has 0 spiro atoms. The number of aromatic nitrogens is 4. The zero-order valence-electron chi connectivity index (χ0n) is 30.1. The van der Waals surface area contributed by atoms with Crippen LogP contribution >= 0.6 is 0 Å². The molecule has 5 N–H and O–H groups in total. The van der Waals surface area contributed by atoms with Crippen LogP contribution in [0.4, 0.5) is 0 Å². The topological polar surface area (TPSA) is 139 Å². The van der Waals surface area contributed by atoms with Crippen LogP contribution in [0, 0.1) is 29.6 Å². The van der Waals surface area contributed by atoms with Gasteiger partial charge in [-0.25, -0.2) is 9.97 Å². The first kappa shape index (κ1) is 37.5. The molecule has 10 heteroatoms. The number of likely N-dealkylation sites (tertiary alicyclic amines) is 1. The van der Waals surface area contributed by atoms with Gasteiger partial charge in [0.1, 0.15) is 6.04 Å². The van der Waals surface area contributed by atoms with E-state index in [4.69, 9.17) is 0 Å². The van der Waals surface area contributed by atoms with Crippen molar-refractivity contribution in [1.29, 1.82) is 0 Å². The Bertz CT molecular complexity index is 1410. The van der Waals surface area contributed by atoms with E-state index < -0.39 is 18.2 Å². The minimum absolute atomic E-state index is 0.136. The van der Waals surface area contributed by atoms with Crippen LogP contribution < -0.4 is 10.6 Å². The number of rotatable bonds is 18. The maximum absolute atomic E-state index is 14.3. The zero-order chi connectivity index (χ0) is 35.3. The van der Waals surface area contributed by atoms with Crippen molar-refractivity contribution in [3.63, 3.8) is 0 Å². The van der Waals surface area contributed by atoms with Gasteiger partial charge in [0.15, 0.2) is 0 Å². The third-order valence-electron chi connectivity index (χ3n) is 11.1. The average Bonchev–Trinajstić information content (AvgIpc) is 3.85. The molecule has 1 saturated carbocycles. The van der Waals surface area contributed by atoms with Crippen molar-refractivity contribution in [2.24, 2.45) is 29.6 Å². The lowest BCUT2D eigenvalue weighted by molar-refractivity contribution is -0.133. The maximum atomic E-state index is 14.3. The quantitative estimate of drug-likeness (QED) is 0.111. The van der Waals surface area contributed by atoms with Crippen LogP contribution in [0.3, 0.4) is 0 Å². The number of nitrogens with one attached hydrogen (secondary N) is 4. The number of aliphatic hydroxyl groups is 1. The SMILES string of the molecule is C=C[C@@H](C[C@H](O)[C@H](CC1CCCCC1)NC(=O)[C@H](Cc1c[nH]cn1)NC(=O)C(Cc1c[nH]cn1)C1CCN(Cc2ccccc2)CC1)C(C)C. The van der Waals surface area contributed by atoms with E-state index in [1.807, 2.05) is 18.3 Å². The summed E-state index contributed by atoms with van der Waals surface area (Å²) in [4.78, 5) is 45.9. The predicted molar refractivity (Wildman–Crippen MR) is 197 cm³/mol. The molecule has 2 aliphatic rings. The number of H-pyrrole nitrogens is 2. The fraction of sp³-hybridized carbons (Fsp3) is 0.600. The van der Waals surface area contributed by atoms with Gasteiger partial charge < -0.3 is 25.7 Å².